The molecule has 0 spiro atoms. The molecule has 0 heterocycles. The minimum atomic E-state index is 0.193. The van der Waals surface area contributed by atoms with Crippen LogP contribution in [0.15, 0.2) is 78.9 Å². The third-order valence-corrected chi connectivity index (χ3v) is 3.62. The van der Waals surface area contributed by atoms with Crippen molar-refractivity contribution in [2.24, 2.45) is 0 Å². The van der Waals surface area contributed by atoms with E-state index in [2.05, 4.69) is 60.7 Å². The van der Waals surface area contributed by atoms with Gasteiger partial charge >= 0.3 is 0 Å². The Morgan fingerprint density at radius 2 is 1.33 bits per heavy atom. The van der Waals surface area contributed by atoms with Crippen LogP contribution in [0.5, 0.6) is 5.75 Å². The number of methoxy groups -OCH3 is 1. The van der Waals surface area contributed by atoms with Gasteiger partial charge in [-0.25, -0.2) is 0 Å². The van der Waals surface area contributed by atoms with Crippen LogP contribution in [0, 0.1) is 6.07 Å². The first-order chi connectivity index (χ1) is 10.4. The highest BCUT2D eigenvalue weighted by molar-refractivity contribution is 5.43. The van der Waals surface area contributed by atoms with E-state index < -0.39 is 0 Å². The molecule has 0 N–H and O–H groups in total. The first-order valence-electron chi connectivity index (χ1n) is 7.04. The molecular weight excluding hydrogens is 256 g/mol. The van der Waals surface area contributed by atoms with Crippen molar-refractivity contribution in [3.8, 4) is 5.75 Å². The first kappa shape index (κ1) is 13.4. The molecular formula is C20H17O. The van der Waals surface area contributed by atoms with Gasteiger partial charge in [-0.1, -0.05) is 66.7 Å². The Bertz CT molecular complexity index is 633. The lowest BCUT2D eigenvalue weighted by molar-refractivity contribution is 0.414. The van der Waals surface area contributed by atoms with E-state index in [1.54, 1.807) is 7.11 Å². The minimum Gasteiger partial charge on any atom is -0.497 e. The third-order valence-electron chi connectivity index (χ3n) is 3.62. The summed E-state index contributed by atoms with van der Waals surface area (Å²) < 4.78 is 5.23. The van der Waals surface area contributed by atoms with E-state index in [4.69, 9.17) is 4.74 Å². The maximum Gasteiger partial charge on any atom is 0.119 e. The third kappa shape index (κ3) is 2.97. The Morgan fingerprint density at radius 3 is 1.76 bits per heavy atom. The summed E-state index contributed by atoms with van der Waals surface area (Å²) in [6.45, 7) is 0. The average molecular weight is 273 g/mol. The van der Waals surface area contributed by atoms with E-state index >= 15 is 0 Å². The van der Waals surface area contributed by atoms with Gasteiger partial charge in [0.05, 0.1) is 7.11 Å². The van der Waals surface area contributed by atoms with Gasteiger partial charge in [0.15, 0.2) is 0 Å². The second-order valence-corrected chi connectivity index (χ2v) is 4.94. The Labute approximate surface area is 125 Å². The summed E-state index contributed by atoms with van der Waals surface area (Å²) in [6, 6.07) is 30.4. The SMILES string of the molecule is COc1c[c]c(C(c2ccccc2)c2ccccc2)cc1. The molecule has 0 fully saturated rings. The normalized spacial score (nSPS) is 10.6. The van der Waals surface area contributed by atoms with E-state index in [9.17, 15) is 0 Å². The molecule has 1 radical (unpaired) electrons. The minimum absolute atomic E-state index is 0.193. The zero-order valence-electron chi connectivity index (χ0n) is 12.0. The molecule has 0 bridgehead atoms. The van der Waals surface area contributed by atoms with Crippen LogP contribution in [0.4, 0.5) is 0 Å². The molecule has 103 valence electrons. The molecule has 0 saturated carbocycles. The van der Waals surface area contributed by atoms with Crippen molar-refractivity contribution >= 4 is 0 Å². The molecule has 0 atom stereocenters. The van der Waals surface area contributed by atoms with E-state index in [0.29, 0.717) is 0 Å². The molecule has 21 heavy (non-hydrogen) atoms. The van der Waals surface area contributed by atoms with Crippen molar-refractivity contribution in [3.63, 3.8) is 0 Å². The Morgan fingerprint density at radius 1 is 0.762 bits per heavy atom. The van der Waals surface area contributed by atoms with Gasteiger partial charge in [-0.15, -0.1) is 0 Å². The smallest absolute Gasteiger partial charge is 0.119 e. The van der Waals surface area contributed by atoms with E-state index in [1.807, 2.05) is 24.3 Å². The highest BCUT2D eigenvalue weighted by Gasteiger charge is 2.16. The number of benzene rings is 3. The Hall–Kier alpha value is -2.54. The van der Waals surface area contributed by atoms with E-state index in [1.165, 1.54) is 11.1 Å². The lowest BCUT2D eigenvalue weighted by Gasteiger charge is -2.18. The summed E-state index contributed by atoms with van der Waals surface area (Å²) in [5, 5.41) is 0. The fourth-order valence-corrected chi connectivity index (χ4v) is 2.57. The summed E-state index contributed by atoms with van der Waals surface area (Å²) >= 11 is 0. The maximum absolute atomic E-state index is 5.23. The molecule has 3 aromatic rings. The Kier molecular flexibility index (Phi) is 4.02. The summed E-state index contributed by atoms with van der Waals surface area (Å²) in [7, 11) is 1.68. The molecule has 0 aromatic heterocycles. The van der Waals surface area contributed by atoms with Crippen LogP contribution in [0.25, 0.3) is 0 Å². The molecule has 1 heteroatoms. The lowest BCUT2D eigenvalue weighted by Crippen LogP contribution is -2.03. The quantitative estimate of drug-likeness (QED) is 0.627. The average Bonchev–Trinajstić information content (AvgIpc) is 2.58. The van der Waals surface area contributed by atoms with Crippen molar-refractivity contribution in [1.82, 2.24) is 0 Å². The van der Waals surface area contributed by atoms with Gasteiger partial charge in [-0.3, -0.25) is 0 Å². The van der Waals surface area contributed by atoms with Crippen LogP contribution in [-0.4, -0.2) is 7.11 Å². The van der Waals surface area contributed by atoms with Crippen molar-refractivity contribution < 1.29 is 4.74 Å². The van der Waals surface area contributed by atoms with Crippen LogP contribution >= 0.6 is 0 Å². The summed E-state index contributed by atoms with van der Waals surface area (Å²) in [5.41, 5.74) is 3.68. The highest BCUT2D eigenvalue weighted by atomic mass is 16.5. The fourth-order valence-electron chi connectivity index (χ4n) is 2.57. The second kappa shape index (κ2) is 6.27. The molecule has 3 rings (SSSR count). The van der Waals surface area contributed by atoms with Crippen molar-refractivity contribution in [2.45, 2.75) is 5.92 Å². The van der Waals surface area contributed by atoms with Gasteiger partial charge in [0.1, 0.15) is 5.75 Å². The van der Waals surface area contributed by atoms with Crippen LogP contribution in [-0.2, 0) is 0 Å². The van der Waals surface area contributed by atoms with Crippen molar-refractivity contribution in [3.05, 3.63) is 102 Å². The second-order valence-electron chi connectivity index (χ2n) is 4.94. The van der Waals surface area contributed by atoms with Crippen LogP contribution in [0.3, 0.4) is 0 Å². The highest BCUT2D eigenvalue weighted by Crippen LogP contribution is 2.32. The molecule has 0 aliphatic rings. The van der Waals surface area contributed by atoms with Gasteiger partial charge in [0.25, 0.3) is 0 Å². The Balaban J connectivity index is 2.07. The molecule has 0 aliphatic heterocycles. The summed E-state index contributed by atoms with van der Waals surface area (Å²) in [5.74, 6) is 1.02. The molecule has 0 aliphatic carbocycles. The predicted molar refractivity (Wildman–Crippen MR) is 85.7 cm³/mol. The fraction of sp³-hybridized carbons (Fsp3) is 0.100. The number of rotatable bonds is 4. The van der Waals surface area contributed by atoms with Gasteiger partial charge < -0.3 is 4.74 Å². The maximum atomic E-state index is 5.23. The van der Waals surface area contributed by atoms with Gasteiger partial charge in [0, 0.05) is 5.92 Å². The zero-order chi connectivity index (χ0) is 14.5. The monoisotopic (exact) mass is 273 g/mol. The van der Waals surface area contributed by atoms with Gasteiger partial charge in [-0.05, 0) is 34.9 Å². The summed E-state index contributed by atoms with van der Waals surface area (Å²) in [6.07, 6.45) is 0. The van der Waals surface area contributed by atoms with Crippen LogP contribution < -0.4 is 4.74 Å². The molecule has 1 nitrogen and oxygen atoms in total. The standard InChI is InChI=1S/C20H17O/c1-21-19-14-12-18(13-15-19)20(16-8-4-2-5-9-16)17-10-6-3-7-11-17/h2-12,14-15,20H,1H3. The van der Waals surface area contributed by atoms with Crippen LogP contribution in [0.1, 0.15) is 22.6 Å². The number of hydrogen-bond donors (Lipinski definition) is 0. The molecule has 0 amide bonds. The van der Waals surface area contributed by atoms with E-state index in [-0.39, 0.29) is 5.92 Å². The molecule has 0 saturated heterocycles. The molecule has 3 aromatic carbocycles. The van der Waals surface area contributed by atoms with Crippen molar-refractivity contribution in [2.75, 3.05) is 7.11 Å². The zero-order valence-corrected chi connectivity index (χ0v) is 12.0. The molecule has 0 unspecified atom stereocenters. The van der Waals surface area contributed by atoms with Crippen molar-refractivity contribution in [1.29, 1.82) is 0 Å². The number of ether oxygens (including phenoxy) is 1. The largest absolute Gasteiger partial charge is 0.497 e. The topological polar surface area (TPSA) is 9.23 Å². The lowest BCUT2D eigenvalue weighted by atomic mass is 9.85. The van der Waals surface area contributed by atoms with Gasteiger partial charge in [0.2, 0.25) is 0 Å². The first-order valence-corrected chi connectivity index (χ1v) is 7.04. The van der Waals surface area contributed by atoms with Crippen LogP contribution in [0.2, 0.25) is 0 Å². The number of hydrogen-bond acceptors (Lipinski definition) is 1. The summed E-state index contributed by atoms with van der Waals surface area (Å²) in [4.78, 5) is 0. The van der Waals surface area contributed by atoms with E-state index in [0.717, 1.165) is 11.3 Å². The van der Waals surface area contributed by atoms with Gasteiger partial charge in [-0.2, -0.15) is 0 Å². The predicted octanol–water partition coefficient (Wildman–Crippen LogP) is 4.68.